The SMILES string of the molecule is O=C(CSc1ncn[nH]1)Cc1ccc(-c2cc(C(F)(F)F)cc(C(F)(F)F)c2)cc1. The van der Waals surface area contributed by atoms with Crippen molar-refractivity contribution in [2.75, 3.05) is 5.75 Å². The number of benzene rings is 2. The maximum Gasteiger partial charge on any atom is 0.416 e. The number of carbonyl (C=O) groups excluding carboxylic acids is 1. The summed E-state index contributed by atoms with van der Waals surface area (Å²) in [4.78, 5) is 15.9. The van der Waals surface area contributed by atoms with Crippen molar-refractivity contribution in [3.8, 4) is 11.1 Å². The zero-order valence-corrected chi connectivity index (χ0v) is 15.8. The van der Waals surface area contributed by atoms with Crippen molar-refractivity contribution in [2.45, 2.75) is 23.9 Å². The Morgan fingerprint density at radius 1 is 0.900 bits per heavy atom. The molecule has 1 heterocycles. The third kappa shape index (κ3) is 5.62. The van der Waals surface area contributed by atoms with E-state index in [1.165, 1.54) is 42.4 Å². The molecule has 4 nitrogen and oxygen atoms in total. The summed E-state index contributed by atoms with van der Waals surface area (Å²) in [7, 11) is 0. The van der Waals surface area contributed by atoms with Gasteiger partial charge < -0.3 is 0 Å². The van der Waals surface area contributed by atoms with Gasteiger partial charge in [-0.1, -0.05) is 36.0 Å². The van der Waals surface area contributed by atoms with Crippen LogP contribution in [0.2, 0.25) is 0 Å². The zero-order valence-electron chi connectivity index (χ0n) is 15.0. The first kappa shape index (κ1) is 21.9. The van der Waals surface area contributed by atoms with Crippen LogP contribution in [-0.2, 0) is 23.6 Å². The predicted molar refractivity (Wildman–Crippen MR) is 97.7 cm³/mol. The number of hydrogen-bond donors (Lipinski definition) is 1. The summed E-state index contributed by atoms with van der Waals surface area (Å²) in [5.74, 6) is 0.0158. The summed E-state index contributed by atoms with van der Waals surface area (Å²) in [6, 6.07) is 7.21. The summed E-state index contributed by atoms with van der Waals surface area (Å²) >= 11 is 1.17. The topological polar surface area (TPSA) is 58.6 Å². The van der Waals surface area contributed by atoms with Gasteiger partial charge in [-0.15, -0.1) is 0 Å². The lowest BCUT2D eigenvalue weighted by atomic mass is 9.97. The molecule has 3 rings (SSSR count). The molecule has 2 aromatic carbocycles. The van der Waals surface area contributed by atoms with Gasteiger partial charge in [0.2, 0.25) is 0 Å². The molecule has 0 fully saturated rings. The third-order valence-electron chi connectivity index (χ3n) is 4.04. The Bertz CT molecular complexity index is 982. The number of rotatable bonds is 6. The van der Waals surface area contributed by atoms with E-state index in [9.17, 15) is 31.1 Å². The van der Waals surface area contributed by atoms with Crippen LogP contribution in [0.25, 0.3) is 11.1 Å². The van der Waals surface area contributed by atoms with Crippen LogP contribution in [0.3, 0.4) is 0 Å². The molecule has 0 aliphatic rings. The highest BCUT2D eigenvalue weighted by molar-refractivity contribution is 7.99. The summed E-state index contributed by atoms with van der Waals surface area (Å²) in [5.41, 5.74) is -2.20. The van der Waals surface area contributed by atoms with E-state index in [0.717, 1.165) is 0 Å². The van der Waals surface area contributed by atoms with E-state index in [1.54, 1.807) is 0 Å². The average molecular weight is 445 g/mol. The highest BCUT2D eigenvalue weighted by atomic mass is 32.2. The Morgan fingerprint density at radius 2 is 1.50 bits per heavy atom. The smallest absolute Gasteiger partial charge is 0.298 e. The molecule has 0 saturated heterocycles. The fourth-order valence-electron chi connectivity index (χ4n) is 2.63. The van der Waals surface area contributed by atoms with E-state index in [2.05, 4.69) is 15.2 Å². The molecule has 1 N–H and O–H groups in total. The number of carbonyl (C=O) groups is 1. The molecule has 3 aromatic rings. The number of halogens is 6. The molecule has 0 bridgehead atoms. The van der Waals surface area contributed by atoms with Gasteiger partial charge in [0.25, 0.3) is 0 Å². The molecule has 0 saturated carbocycles. The van der Waals surface area contributed by atoms with E-state index in [1.807, 2.05) is 0 Å². The second kappa shape index (κ2) is 8.50. The van der Waals surface area contributed by atoms with E-state index < -0.39 is 23.5 Å². The molecule has 0 aliphatic carbocycles. The van der Waals surface area contributed by atoms with Crippen LogP contribution >= 0.6 is 11.8 Å². The van der Waals surface area contributed by atoms with Crippen molar-refractivity contribution < 1.29 is 31.1 Å². The standard InChI is InChI=1S/C19H13F6N3OS/c20-18(21,22)14-6-13(7-15(8-14)19(23,24)25)12-3-1-11(2-4-12)5-16(29)9-30-17-26-10-27-28-17/h1-4,6-8,10H,5,9H2,(H,26,27,28). The minimum atomic E-state index is -4.91. The number of H-pyrrole nitrogens is 1. The largest absolute Gasteiger partial charge is 0.416 e. The molecule has 0 aliphatic heterocycles. The van der Waals surface area contributed by atoms with Crippen molar-refractivity contribution in [1.29, 1.82) is 0 Å². The zero-order chi connectivity index (χ0) is 21.9. The van der Waals surface area contributed by atoms with Crippen molar-refractivity contribution in [3.05, 3.63) is 65.5 Å². The maximum absolute atomic E-state index is 13.0. The van der Waals surface area contributed by atoms with Gasteiger partial charge in [0, 0.05) is 6.42 Å². The predicted octanol–water partition coefficient (Wildman–Crippen LogP) is 5.41. The van der Waals surface area contributed by atoms with Gasteiger partial charge >= 0.3 is 12.4 Å². The number of ketones is 1. The Morgan fingerprint density at radius 3 is 2.00 bits per heavy atom. The van der Waals surface area contributed by atoms with Crippen LogP contribution in [0.4, 0.5) is 26.3 Å². The van der Waals surface area contributed by atoms with Crippen molar-refractivity contribution >= 4 is 17.5 Å². The minimum absolute atomic E-state index is 0.0673. The molecule has 158 valence electrons. The Kier molecular flexibility index (Phi) is 6.20. The van der Waals surface area contributed by atoms with Gasteiger partial charge in [0.15, 0.2) is 5.16 Å². The first-order chi connectivity index (χ1) is 14.0. The van der Waals surface area contributed by atoms with Crippen LogP contribution in [0.1, 0.15) is 16.7 Å². The molecule has 0 spiro atoms. The molecular formula is C19H13F6N3OS. The molecule has 11 heteroatoms. The summed E-state index contributed by atoms with van der Waals surface area (Å²) in [6.07, 6.45) is -8.45. The number of alkyl halides is 6. The van der Waals surface area contributed by atoms with Gasteiger partial charge in [-0.2, -0.15) is 31.4 Å². The van der Waals surface area contributed by atoms with Crippen LogP contribution in [0.5, 0.6) is 0 Å². The van der Waals surface area contributed by atoms with Crippen molar-refractivity contribution in [1.82, 2.24) is 15.2 Å². The fourth-order valence-corrected chi connectivity index (χ4v) is 3.27. The summed E-state index contributed by atoms with van der Waals surface area (Å²) in [6.45, 7) is 0. The molecule has 0 atom stereocenters. The lowest BCUT2D eigenvalue weighted by molar-refractivity contribution is -0.143. The van der Waals surface area contributed by atoms with Crippen LogP contribution in [0, 0.1) is 0 Å². The molecule has 0 radical (unpaired) electrons. The fraction of sp³-hybridized carbons (Fsp3) is 0.211. The number of aromatic nitrogens is 3. The number of Topliss-reactive ketones (excluding diaryl/α,β-unsaturated/α-hetero) is 1. The van der Waals surface area contributed by atoms with E-state index in [0.29, 0.717) is 22.9 Å². The third-order valence-corrected chi connectivity index (χ3v) is 4.98. The van der Waals surface area contributed by atoms with Crippen molar-refractivity contribution in [3.63, 3.8) is 0 Å². The van der Waals surface area contributed by atoms with E-state index in [4.69, 9.17) is 0 Å². The number of aromatic amines is 1. The Hall–Kier alpha value is -2.82. The van der Waals surface area contributed by atoms with Gasteiger partial charge in [0.05, 0.1) is 16.9 Å². The first-order valence-corrected chi connectivity index (χ1v) is 9.39. The molecule has 0 amide bonds. The monoisotopic (exact) mass is 445 g/mol. The number of thioether (sulfide) groups is 1. The second-order valence-electron chi connectivity index (χ2n) is 6.29. The van der Waals surface area contributed by atoms with Crippen LogP contribution in [0.15, 0.2) is 53.9 Å². The minimum Gasteiger partial charge on any atom is -0.298 e. The normalized spacial score (nSPS) is 12.2. The van der Waals surface area contributed by atoms with Crippen LogP contribution < -0.4 is 0 Å². The molecule has 30 heavy (non-hydrogen) atoms. The van der Waals surface area contributed by atoms with E-state index in [-0.39, 0.29) is 35.2 Å². The van der Waals surface area contributed by atoms with Crippen LogP contribution in [-0.4, -0.2) is 26.7 Å². The number of hydrogen-bond acceptors (Lipinski definition) is 4. The lowest BCUT2D eigenvalue weighted by Gasteiger charge is -2.14. The van der Waals surface area contributed by atoms with Crippen molar-refractivity contribution in [2.24, 2.45) is 0 Å². The van der Waals surface area contributed by atoms with Gasteiger partial charge in [0.1, 0.15) is 12.1 Å². The quantitative estimate of drug-likeness (QED) is 0.407. The Balaban J connectivity index is 1.77. The van der Waals surface area contributed by atoms with Gasteiger partial charge in [-0.25, -0.2) is 4.98 Å². The second-order valence-corrected chi connectivity index (χ2v) is 7.25. The number of nitrogens with one attached hydrogen (secondary N) is 1. The molecule has 0 unspecified atom stereocenters. The summed E-state index contributed by atoms with van der Waals surface area (Å²) in [5, 5.41) is 6.75. The Labute approximate surface area is 170 Å². The average Bonchev–Trinajstić information content (AvgIpc) is 3.19. The van der Waals surface area contributed by atoms with Gasteiger partial charge in [-0.3, -0.25) is 9.89 Å². The summed E-state index contributed by atoms with van der Waals surface area (Å²) < 4.78 is 78.1. The lowest BCUT2D eigenvalue weighted by Crippen LogP contribution is -2.11. The highest BCUT2D eigenvalue weighted by Crippen LogP contribution is 2.38. The van der Waals surface area contributed by atoms with E-state index >= 15 is 0 Å². The van der Waals surface area contributed by atoms with Gasteiger partial charge in [-0.05, 0) is 34.9 Å². The number of nitrogens with zero attached hydrogens (tertiary/aromatic N) is 2. The molecular weight excluding hydrogens is 432 g/mol. The highest BCUT2D eigenvalue weighted by Gasteiger charge is 2.37. The molecule has 1 aromatic heterocycles. The maximum atomic E-state index is 13.0. The first-order valence-electron chi connectivity index (χ1n) is 8.41.